The van der Waals surface area contributed by atoms with Crippen molar-refractivity contribution in [2.24, 2.45) is 0 Å². The summed E-state index contributed by atoms with van der Waals surface area (Å²) in [5, 5.41) is 9.97. The summed E-state index contributed by atoms with van der Waals surface area (Å²) in [5.41, 5.74) is 1.62. The predicted octanol–water partition coefficient (Wildman–Crippen LogP) is 3.00. The Morgan fingerprint density at radius 1 is 1.31 bits per heavy atom. The van der Waals surface area contributed by atoms with Gasteiger partial charge in [-0.25, -0.2) is 9.37 Å². The van der Waals surface area contributed by atoms with E-state index in [1.165, 1.54) is 12.1 Å². The number of thiazole rings is 1. The van der Waals surface area contributed by atoms with E-state index in [1.807, 2.05) is 6.92 Å². The van der Waals surface area contributed by atoms with Crippen LogP contribution < -0.4 is 0 Å². The number of hydrogen-bond donors (Lipinski definition) is 1. The highest BCUT2D eigenvalue weighted by Crippen LogP contribution is 2.28. The smallest absolute Gasteiger partial charge is 0.123 e. The summed E-state index contributed by atoms with van der Waals surface area (Å²) in [6, 6.07) is 6.24. The average Bonchev–Trinajstić information content (AvgIpc) is 2.73. The molecule has 0 aliphatic carbocycles. The number of halogens is 1. The molecule has 2 nitrogen and oxygen atoms in total. The van der Waals surface area contributed by atoms with Crippen LogP contribution >= 0.6 is 11.3 Å². The molecule has 0 radical (unpaired) electrons. The second-order valence-electron chi connectivity index (χ2n) is 3.41. The molecule has 1 aromatic heterocycles. The maximum Gasteiger partial charge on any atom is 0.123 e. The second-order valence-corrected chi connectivity index (χ2v) is 4.49. The van der Waals surface area contributed by atoms with Gasteiger partial charge in [0.25, 0.3) is 0 Å². The molecule has 2 rings (SSSR count). The van der Waals surface area contributed by atoms with Crippen molar-refractivity contribution < 1.29 is 9.50 Å². The van der Waals surface area contributed by atoms with Crippen LogP contribution in [-0.2, 0) is 13.0 Å². The molecule has 0 saturated carbocycles. The van der Waals surface area contributed by atoms with E-state index in [0.717, 1.165) is 27.6 Å². The molecule has 0 aliphatic rings. The van der Waals surface area contributed by atoms with Crippen molar-refractivity contribution in [3.63, 3.8) is 0 Å². The first-order chi connectivity index (χ1) is 7.74. The average molecular weight is 237 g/mol. The number of rotatable bonds is 3. The number of nitrogens with zero attached hydrogens (tertiary/aromatic N) is 1. The van der Waals surface area contributed by atoms with Crippen molar-refractivity contribution in [3.8, 4) is 10.6 Å². The van der Waals surface area contributed by atoms with Crippen LogP contribution in [-0.4, -0.2) is 10.1 Å². The van der Waals surface area contributed by atoms with Crippen LogP contribution in [0.4, 0.5) is 4.39 Å². The molecule has 0 unspecified atom stereocenters. The van der Waals surface area contributed by atoms with Gasteiger partial charge in [0, 0.05) is 10.4 Å². The summed E-state index contributed by atoms with van der Waals surface area (Å²) in [7, 11) is 0. The van der Waals surface area contributed by atoms with Crippen molar-refractivity contribution in [2.45, 2.75) is 20.0 Å². The summed E-state index contributed by atoms with van der Waals surface area (Å²) >= 11 is 1.55. The fourth-order valence-electron chi connectivity index (χ4n) is 1.50. The third-order valence-electron chi connectivity index (χ3n) is 2.34. The number of aromatic nitrogens is 1. The first-order valence-electron chi connectivity index (χ1n) is 5.10. The SMILES string of the molecule is CCc1sc(-c2ccc(F)cc2)nc1CO. The number of hydrogen-bond acceptors (Lipinski definition) is 3. The number of aryl methyl sites for hydroxylation is 1. The third kappa shape index (κ3) is 2.13. The molecule has 16 heavy (non-hydrogen) atoms. The van der Waals surface area contributed by atoms with Gasteiger partial charge in [-0.2, -0.15) is 0 Å². The molecular weight excluding hydrogens is 225 g/mol. The van der Waals surface area contributed by atoms with E-state index in [0.29, 0.717) is 0 Å². The Morgan fingerprint density at radius 2 is 2.00 bits per heavy atom. The van der Waals surface area contributed by atoms with Gasteiger partial charge in [0.2, 0.25) is 0 Å². The van der Waals surface area contributed by atoms with Gasteiger partial charge >= 0.3 is 0 Å². The molecule has 2 aromatic rings. The van der Waals surface area contributed by atoms with Gasteiger partial charge in [-0.3, -0.25) is 0 Å². The first-order valence-corrected chi connectivity index (χ1v) is 5.91. The van der Waals surface area contributed by atoms with E-state index in [1.54, 1.807) is 23.5 Å². The summed E-state index contributed by atoms with van der Waals surface area (Å²) in [4.78, 5) is 5.43. The van der Waals surface area contributed by atoms with Crippen LogP contribution in [0, 0.1) is 5.82 Å². The molecule has 0 spiro atoms. The zero-order chi connectivity index (χ0) is 11.5. The molecular formula is C12H12FNOS. The van der Waals surface area contributed by atoms with Crippen LogP contribution in [0.25, 0.3) is 10.6 Å². The van der Waals surface area contributed by atoms with Gasteiger partial charge in [-0.05, 0) is 30.7 Å². The van der Waals surface area contributed by atoms with Gasteiger partial charge in [-0.1, -0.05) is 6.92 Å². The van der Waals surface area contributed by atoms with Crippen LogP contribution in [0.1, 0.15) is 17.5 Å². The van der Waals surface area contributed by atoms with Crippen LogP contribution in [0.3, 0.4) is 0 Å². The number of benzene rings is 1. The van der Waals surface area contributed by atoms with Crippen molar-refractivity contribution in [1.29, 1.82) is 0 Å². The molecule has 4 heteroatoms. The third-order valence-corrected chi connectivity index (χ3v) is 3.63. The largest absolute Gasteiger partial charge is 0.390 e. The van der Waals surface area contributed by atoms with Crippen LogP contribution in [0.2, 0.25) is 0 Å². The summed E-state index contributed by atoms with van der Waals surface area (Å²) in [6.45, 7) is 1.99. The lowest BCUT2D eigenvalue weighted by molar-refractivity contribution is 0.276. The molecule has 0 fully saturated rings. The van der Waals surface area contributed by atoms with E-state index in [4.69, 9.17) is 5.11 Å². The van der Waals surface area contributed by atoms with E-state index in [9.17, 15) is 4.39 Å². The van der Waals surface area contributed by atoms with Crippen molar-refractivity contribution in [3.05, 3.63) is 40.7 Å². The minimum absolute atomic E-state index is 0.0408. The fraction of sp³-hybridized carbons (Fsp3) is 0.250. The first kappa shape index (κ1) is 11.2. The van der Waals surface area contributed by atoms with Crippen molar-refractivity contribution in [2.75, 3.05) is 0 Å². The Labute approximate surface area is 97.4 Å². The zero-order valence-corrected chi connectivity index (χ0v) is 9.72. The van der Waals surface area contributed by atoms with E-state index in [-0.39, 0.29) is 12.4 Å². The predicted molar refractivity (Wildman–Crippen MR) is 62.8 cm³/mol. The molecule has 0 bridgehead atoms. The Hall–Kier alpha value is -1.26. The zero-order valence-electron chi connectivity index (χ0n) is 8.90. The van der Waals surface area contributed by atoms with Crippen molar-refractivity contribution >= 4 is 11.3 Å². The van der Waals surface area contributed by atoms with Crippen LogP contribution in [0.15, 0.2) is 24.3 Å². The standard InChI is InChI=1S/C12H12FNOS/c1-2-11-10(7-15)14-12(16-11)8-3-5-9(13)6-4-8/h3-6,15H,2,7H2,1H3. The maximum atomic E-state index is 12.8. The molecule has 1 N–H and O–H groups in total. The van der Waals surface area contributed by atoms with Gasteiger partial charge in [0.05, 0.1) is 12.3 Å². The topological polar surface area (TPSA) is 33.1 Å². The molecule has 0 aliphatic heterocycles. The molecule has 84 valence electrons. The van der Waals surface area contributed by atoms with E-state index >= 15 is 0 Å². The lowest BCUT2D eigenvalue weighted by atomic mass is 10.2. The Bertz CT molecular complexity index is 457. The van der Waals surface area contributed by atoms with Gasteiger partial charge < -0.3 is 5.11 Å². The van der Waals surface area contributed by atoms with Crippen LogP contribution in [0.5, 0.6) is 0 Å². The van der Waals surface area contributed by atoms with Crippen molar-refractivity contribution in [1.82, 2.24) is 4.98 Å². The number of aliphatic hydroxyl groups excluding tert-OH is 1. The lowest BCUT2D eigenvalue weighted by Crippen LogP contribution is -1.88. The normalized spacial score (nSPS) is 10.7. The van der Waals surface area contributed by atoms with E-state index < -0.39 is 0 Å². The highest BCUT2D eigenvalue weighted by atomic mass is 32.1. The van der Waals surface area contributed by atoms with Gasteiger partial charge in [0.15, 0.2) is 0 Å². The minimum Gasteiger partial charge on any atom is -0.390 e. The highest BCUT2D eigenvalue weighted by Gasteiger charge is 2.10. The molecule has 1 aromatic carbocycles. The monoisotopic (exact) mass is 237 g/mol. The Balaban J connectivity index is 2.40. The minimum atomic E-state index is -0.251. The fourth-order valence-corrected chi connectivity index (χ4v) is 2.51. The molecule has 0 saturated heterocycles. The lowest BCUT2D eigenvalue weighted by Gasteiger charge is -1.94. The quantitative estimate of drug-likeness (QED) is 0.890. The highest BCUT2D eigenvalue weighted by molar-refractivity contribution is 7.15. The van der Waals surface area contributed by atoms with E-state index in [2.05, 4.69) is 4.98 Å². The molecule has 0 amide bonds. The molecule has 0 atom stereocenters. The summed E-state index contributed by atoms with van der Waals surface area (Å²) < 4.78 is 12.8. The maximum absolute atomic E-state index is 12.8. The van der Waals surface area contributed by atoms with Gasteiger partial charge in [-0.15, -0.1) is 11.3 Å². The molecule has 1 heterocycles. The summed E-state index contributed by atoms with van der Waals surface area (Å²) in [5.74, 6) is -0.251. The second kappa shape index (κ2) is 4.72. The number of aliphatic hydroxyl groups is 1. The summed E-state index contributed by atoms with van der Waals surface area (Å²) in [6.07, 6.45) is 0.856. The Morgan fingerprint density at radius 3 is 2.50 bits per heavy atom. The van der Waals surface area contributed by atoms with Gasteiger partial charge in [0.1, 0.15) is 10.8 Å². The Kier molecular flexibility index (Phi) is 3.31.